The summed E-state index contributed by atoms with van der Waals surface area (Å²) < 4.78 is 0. The lowest BCUT2D eigenvalue weighted by Crippen LogP contribution is -2.30. The lowest BCUT2D eigenvalue weighted by Gasteiger charge is -2.13. The Balaban J connectivity index is 1.47. The van der Waals surface area contributed by atoms with Crippen molar-refractivity contribution in [3.05, 3.63) is 129 Å². The summed E-state index contributed by atoms with van der Waals surface area (Å²) in [5.41, 5.74) is 4.30. The highest BCUT2D eigenvalue weighted by molar-refractivity contribution is 8.00. The van der Waals surface area contributed by atoms with Crippen LogP contribution in [0.3, 0.4) is 0 Å². The molecule has 0 aliphatic rings. The van der Waals surface area contributed by atoms with Gasteiger partial charge in [0.25, 0.3) is 11.8 Å². The van der Waals surface area contributed by atoms with Gasteiger partial charge in [0.1, 0.15) is 5.70 Å². The molecule has 0 unspecified atom stereocenters. The fourth-order valence-corrected chi connectivity index (χ4v) is 5.09. The summed E-state index contributed by atoms with van der Waals surface area (Å²) in [6.45, 7) is 3.96. The Morgan fingerprint density at radius 2 is 1.61 bits per heavy atom. The van der Waals surface area contributed by atoms with E-state index in [-0.39, 0.29) is 17.4 Å². The summed E-state index contributed by atoms with van der Waals surface area (Å²) in [5.74, 6) is -0.936. The predicted molar refractivity (Wildman–Crippen MR) is 169 cm³/mol. The van der Waals surface area contributed by atoms with Crippen LogP contribution in [0, 0.1) is 13.8 Å². The van der Waals surface area contributed by atoms with Crippen LogP contribution < -0.4 is 16.0 Å². The van der Waals surface area contributed by atoms with Crippen molar-refractivity contribution in [2.45, 2.75) is 18.7 Å². The first-order valence-electron chi connectivity index (χ1n) is 12.6. The molecule has 0 atom stereocenters. The number of carbonyl (C=O) groups is 3. The van der Waals surface area contributed by atoms with Crippen LogP contribution in [0.4, 0.5) is 11.4 Å². The van der Waals surface area contributed by atoms with Gasteiger partial charge in [-0.1, -0.05) is 71.2 Å². The van der Waals surface area contributed by atoms with Gasteiger partial charge in [-0.2, -0.15) is 0 Å². The van der Waals surface area contributed by atoms with Crippen LogP contribution in [-0.4, -0.2) is 23.5 Å². The van der Waals surface area contributed by atoms with E-state index in [0.717, 1.165) is 21.7 Å². The minimum Gasteiger partial charge on any atom is -0.325 e. The number of nitrogens with one attached hydrogen (secondary N) is 3. The van der Waals surface area contributed by atoms with Gasteiger partial charge in [-0.15, -0.1) is 11.8 Å². The largest absolute Gasteiger partial charge is 0.325 e. The normalized spacial score (nSPS) is 11.1. The maximum atomic E-state index is 13.4. The van der Waals surface area contributed by atoms with Gasteiger partial charge in [0, 0.05) is 31.9 Å². The van der Waals surface area contributed by atoms with Gasteiger partial charge in [-0.05, 0) is 79.6 Å². The molecule has 3 N–H and O–H groups in total. The zero-order valence-corrected chi connectivity index (χ0v) is 24.7. The number of amides is 3. The minimum atomic E-state index is -0.546. The van der Waals surface area contributed by atoms with Gasteiger partial charge in [-0.25, -0.2) is 0 Å². The fraction of sp³-hybridized carbons (Fsp3) is 0.0938. The number of carbonyl (C=O) groups excluding carboxylic acids is 3. The second kappa shape index (κ2) is 14.0. The van der Waals surface area contributed by atoms with Crippen LogP contribution in [0.25, 0.3) is 6.08 Å². The van der Waals surface area contributed by atoms with E-state index in [0.29, 0.717) is 26.9 Å². The average molecular weight is 605 g/mol. The van der Waals surface area contributed by atoms with E-state index >= 15 is 0 Å². The number of rotatable bonds is 9. The number of halogens is 2. The average Bonchev–Trinajstić information content (AvgIpc) is 2.95. The molecule has 0 fully saturated rings. The van der Waals surface area contributed by atoms with E-state index in [2.05, 4.69) is 16.0 Å². The number of hydrogen-bond donors (Lipinski definition) is 3. The zero-order chi connectivity index (χ0) is 29.4. The Bertz CT molecular complexity index is 1620. The highest BCUT2D eigenvalue weighted by Gasteiger charge is 2.16. The molecule has 41 heavy (non-hydrogen) atoms. The van der Waals surface area contributed by atoms with E-state index in [1.54, 1.807) is 66.7 Å². The molecule has 3 amide bonds. The number of thioether (sulfide) groups is 1. The standard InChI is InChI=1S/C32H27Cl2N3O3S/c1-20-11-14-28(21(2)15-20)36-30(38)19-41-26-10-6-9-25(18-26)35-32(40)29(16-23-12-13-24(33)17-27(23)34)37-31(39)22-7-4-3-5-8-22/h3-18H,19H2,1-2H3,(H,35,40)(H,36,38)(H,37,39)/b29-16+. The molecule has 0 radical (unpaired) electrons. The van der Waals surface area contributed by atoms with Crippen molar-refractivity contribution in [1.82, 2.24) is 5.32 Å². The Morgan fingerprint density at radius 3 is 2.34 bits per heavy atom. The summed E-state index contributed by atoms with van der Waals surface area (Å²) >= 11 is 13.7. The molecule has 0 spiro atoms. The third-order valence-corrected chi connectivity index (χ3v) is 7.47. The molecule has 0 aromatic heterocycles. The molecule has 0 saturated carbocycles. The molecule has 4 rings (SSSR count). The topological polar surface area (TPSA) is 87.3 Å². The third-order valence-electron chi connectivity index (χ3n) is 5.91. The van der Waals surface area contributed by atoms with Crippen molar-refractivity contribution >= 4 is 70.1 Å². The van der Waals surface area contributed by atoms with E-state index < -0.39 is 11.8 Å². The van der Waals surface area contributed by atoms with Crippen molar-refractivity contribution in [1.29, 1.82) is 0 Å². The molecular weight excluding hydrogens is 577 g/mol. The number of anilines is 2. The van der Waals surface area contributed by atoms with E-state index in [1.165, 1.54) is 17.8 Å². The van der Waals surface area contributed by atoms with E-state index in [1.807, 2.05) is 38.1 Å². The highest BCUT2D eigenvalue weighted by Crippen LogP contribution is 2.25. The third kappa shape index (κ3) is 8.72. The molecule has 208 valence electrons. The quantitative estimate of drug-likeness (QED) is 0.135. The number of benzene rings is 4. The van der Waals surface area contributed by atoms with Gasteiger partial charge >= 0.3 is 0 Å². The van der Waals surface area contributed by atoms with E-state index in [4.69, 9.17) is 23.2 Å². The molecule has 0 aliphatic heterocycles. The van der Waals surface area contributed by atoms with Gasteiger partial charge in [0.15, 0.2) is 0 Å². The van der Waals surface area contributed by atoms with Crippen LogP contribution in [0.15, 0.2) is 102 Å². The second-order valence-corrected chi connectivity index (χ2v) is 11.1. The van der Waals surface area contributed by atoms with Crippen molar-refractivity contribution in [3.63, 3.8) is 0 Å². The smallest absolute Gasteiger partial charge is 0.272 e. The van der Waals surface area contributed by atoms with Gasteiger partial charge in [0.05, 0.1) is 5.75 Å². The lowest BCUT2D eigenvalue weighted by molar-refractivity contribution is -0.114. The molecule has 0 aliphatic carbocycles. The highest BCUT2D eigenvalue weighted by atomic mass is 35.5. The first kappa shape index (κ1) is 29.9. The second-order valence-electron chi connectivity index (χ2n) is 9.18. The predicted octanol–water partition coefficient (Wildman–Crippen LogP) is 7.75. The first-order chi connectivity index (χ1) is 19.7. The van der Waals surface area contributed by atoms with Crippen molar-refractivity contribution < 1.29 is 14.4 Å². The van der Waals surface area contributed by atoms with Crippen LogP contribution in [0.1, 0.15) is 27.0 Å². The molecule has 6 nitrogen and oxygen atoms in total. The summed E-state index contributed by atoms with van der Waals surface area (Å²) in [7, 11) is 0. The molecule has 0 saturated heterocycles. The summed E-state index contributed by atoms with van der Waals surface area (Å²) in [5, 5.41) is 9.23. The van der Waals surface area contributed by atoms with Gasteiger partial charge in [0.2, 0.25) is 5.91 Å². The van der Waals surface area contributed by atoms with Gasteiger partial charge in [-0.3, -0.25) is 14.4 Å². The van der Waals surface area contributed by atoms with Crippen LogP contribution in [0.5, 0.6) is 0 Å². The van der Waals surface area contributed by atoms with Crippen molar-refractivity contribution in [3.8, 4) is 0 Å². The Kier molecular flexibility index (Phi) is 10.2. The molecular formula is C32H27Cl2N3O3S. The molecule has 4 aromatic carbocycles. The van der Waals surface area contributed by atoms with Crippen LogP contribution >= 0.6 is 35.0 Å². The minimum absolute atomic E-state index is 0.00558. The molecule has 0 heterocycles. The maximum absolute atomic E-state index is 13.4. The zero-order valence-electron chi connectivity index (χ0n) is 22.3. The SMILES string of the molecule is Cc1ccc(NC(=O)CSc2cccc(NC(=O)/C(=C\c3ccc(Cl)cc3Cl)NC(=O)c3ccccc3)c2)c(C)c1. The van der Waals surface area contributed by atoms with E-state index in [9.17, 15) is 14.4 Å². The lowest BCUT2D eigenvalue weighted by atomic mass is 10.1. The summed E-state index contributed by atoms with van der Waals surface area (Å²) in [6.07, 6.45) is 1.49. The number of aryl methyl sites for hydroxylation is 2. The summed E-state index contributed by atoms with van der Waals surface area (Å²) in [6, 6.07) is 26.4. The number of hydrogen-bond acceptors (Lipinski definition) is 4. The Labute approximate surface area is 253 Å². The summed E-state index contributed by atoms with van der Waals surface area (Å²) in [4.78, 5) is 39.6. The molecule has 9 heteroatoms. The Morgan fingerprint density at radius 1 is 0.829 bits per heavy atom. The molecule has 0 bridgehead atoms. The first-order valence-corrected chi connectivity index (χ1v) is 14.4. The maximum Gasteiger partial charge on any atom is 0.272 e. The van der Waals surface area contributed by atoms with Crippen molar-refractivity contribution in [2.24, 2.45) is 0 Å². The van der Waals surface area contributed by atoms with Gasteiger partial charge < -0.3 is 16.0 Å². The van der Waals surface area contributed by atoms with Crippen molar-refractivity contribution in [2.75, 3.05) is 16.4 Å². The Hall–Kier alpha value is -4.04. The van der Waals surface area contributed by atoms with Crippen LogP contribution in [0.2, 0.25) is 10.0 Å². The van der Waals surface area contributed by atoms with Crippen LogP contribution in [-0.2, 0) is 9.59 Å². The monoisotopic (exact) mass is 603 g/mol. The fourth-order valence-electron chi connectivity index (χ4n) is 3.87. The molecule has 4 aromatic rings.